The molecule has 1 N–H and O–H groups in total. The molecule has 2 heterocycles. The van der Waals surface area contributed by atoms with Gasteiger partial charge in [-0.25, -0.2) is 4.79 Å². The molecule has 7 heteroatoms. The second kappa shape index (κ2) is 11.3. The van der Waals surface area contributed by atoms with Crippen molar-refractivity contribution in [1.29, 1.82) is 0 Å². The lowest BCUT2D eigenvalue weighted by Crippen LogP contribution is -2.33. The van der Waals surface area contributed by atoms with Crippen molar-refractivity contribution in [1.82, 2.24) is 0 Å². The van der Waals surface area contributed by atoms with E-state index in [1.54, 1.807) is 6.07 Å². The molecule has 0 amide bonds. The van der Waals surface area contributed by atoms with Crippen molar-refractivity contribution in [3.63, 3.8) is 0 Å². The molecule has 0 bridgehead atoms. The van der Waals surface area contributed by atoms with Crippen LogP contribution < -0.4 is 15.0 Å². The van der Waals surface area contributed by atoms with Crippen LogP contribution in [0, 0.1) is 0 Å². The van der Waals surface area contributed by atoms with Gasteiger partial charge in [-0.05, 0) is 49.2 Å². The number of carbonyl (C=O) groups excluding carboxylic acids is 1. The fourth-order valence-electron chi connectivity index (χ4n) is 5.75. The number of ether oxygens (including phenoxy) is 2. The smallest absolute Gasteiger partial charge is 0.340 e. The van der Waals surface area contributed by atoms with Crippen molar-refractivity contribution in [2.24, 2.45) is 0 Å². The van der Waals surface area contributed by atoms with Crippen molar-refractivity contribution in [3.8, 4) is 11.5 Å². The quantitative estimate of drug-likeness (QED) is 0.198. The van der Waals surface area contributed by atoms with Gasteiger partial charge in [-0.2, -0.15) is 0 Å². The third-order valence-electron chi connectivity index (χ3n) is 7.86. The lowest BCUT2D eigenvalue weighted by molar-refractivity contribution is 0.0224. The normalized spacial score (nSPS) is 16.4. The van der Waals surface area contributed by atoms with E-state index >= 15 is 0 Å². The molecule has 0 fully saturated rings. The van der Waals surface area contributed by atoms with Gasteiger partial charge in [0.05, 0.1) is 27.0 Å². The number of halogens is 2. The SMILES string of the molecule is CCCCN(CCCC)c1ccc2c(c1)Oc1cc(Cl)c(Nc3ccccc3Cl)cc1C21OC(=O)c2ccccc21. The van der Waals surface area contributed by atoms with Gasteiger partial charge >= 0.3 is 5.97 Å². The van der Waals surface area contributed by atoms with Crippen LogP contribution in [0.2, 0.25) is 10.0 Å². The van der Waals surface area contributed by atoms with E-state index in [-0.39, 0.29) is 5.97 Å². The number of fused-ring (bicyclic) bond motifs is 6. The lowest BCUT2D eigenvalue weighted by Gasteiger charge is -2.37. The Hall–Kier alpha value is -3.67. The van der Waals surface area contributed by atoms with Gasteiger partial charge in [0, 0.05) is 47.6 Å². The third kappa shape index (κ3) is 4.81. The molecule has 4 aromatic rings. The van der Waals surface area contributed by atoms with Crippen LogP contribution in [0.15, 0.2) is 78.9 Å². The van der Waals surface area contributed by atoms with Crippen LogP contribution in [0.3, 0.4) is 0 Å². The first-order chi connectivity index (χ1) is 20.0. The minimum Gasteiger partial charge on any atom is -0.456 e. The number of benzene rings is 4. The first-order valence-electron chi connectivity index (χ1n) is 14.2. The average Bonchev–Trinajstić information content (AvgIpc) is 3.27. The summed E-state index contributed by atoms with van der Waals surface area (Å²) in [6.07, 6.45) is 4.46. The highest BCUT2D eigenvalue weighted by Gasteiger charge is 2.53. The summed E-state index contributed by atoms with van der Waals surface area (Å²) in [5, 5.41) is 4.38. The highest BCUT2D eigenvalue weighted by atomic mass is 35.5. The van der Waals surface area contributed by atoms with Gasteiger partial charge in [-0.1, -0.05) is 80.2 Å². The van der Waals surface area contributed by atoms with Crippen LogP contribution in [-0.4, -0.2) is 19.1 Å². The lowest BCUT2D eigenvalue weighted by atomic mass is 9.77. The summed E-state index contributed by atoms with van der Waals surface area (Å²) in [5.74, 6) is 0.828. The number of anilines is 3. The molecule has 41 heavy (non-hydrogen) atoms. The number of hydrogen-bond acceptors (Lipinski definition) is 5. The molecule has 1 atom stereocenters. The van der Waals surface area contributed by atoms with Crippen LogP contribution >= 0.6 is 23.2 Å². The second-order valence-electron chi connectivity index (χ2n) is 10.5. The Labute approximate surface area is 251 Å². The molecule has 6 rings (SSSR count). The molecule has 1 spiro atoms. The number of rotatable bonds is 9. The predicted octanol–water partition coefficient (Wildman–Crippen LogP) is 9.71. The monoisotopic (exact) mass is 586 g/mol. The van der Waals surface area contributed by atoms with Crippen molar-refractivity contribution in [3.05, 3.63) is 111 Å². The minimum atomic E-state index is -1.19. The standard InChI is InChI=1S/C34H32Cl2N2O3/c1-3-5-17-38(18-6-4-2)22-15-16-25-31(19-22)40-32-21-28(36)30(37-29-14-10-9-13-27(29)35)20-26(32)34(25)24-12-8-7-11-23(24)33(39)41-34/h7-16,19-21,37H,3-6,17-18H2,1-2H3. The number of hydrogen-bond donors (Lipinski definition) is 1. The molecule has 0 aliphatic carbocycles. The molecular formula is C34H32Cl2N2O3. The van der Waals surface area contributed by atoms with Crippen molar-refractivity contribution >= 4 is 46.2 Å². The summed E-state index contributed by atoms with van der Waals surface area (Å²) >= 11 is 13.3. The molecule has 2 aliphatic heterocycles. The largest absolute Gasteiger partial charge is 0.456 e. The van der Waals surface area contributed by atoms with Crippen molar-refractivity contribution < 1.29 is 14.3 Å². The minimum absolute atomic E-state index is 0.369. The number of esters is 1. The highest BCUT2D eigenvalue weighted by molar-refractivity contribution is 6.35. The molecule has 2 aliphatic rings. The molecule has 4 aromatic carbocycles. The van der Waals surface area contributed by atoms with E-state index in [4.69, 9.17) is 32.7 Å². The zero-order chi connectivity index (χ0) is 28.6. The second-order valence-corrected chi connectivity index (χ2v) is 11.3. The Morgan fingerprint density at radius 2 is 1.46 bits per heavy atom. The average molecular weight is 588 g/mol. The number of nitrogens with zero attached hydrogens (tertiary/aromatic N) is 1. The van der Waals surface area contributed by atoms with E-state index in [9.17, 15) is 4.79 Å². The zero-order valence-corrected chi connectivity index (χ0v) is 24.7. The van der Waals surface area contributed by atoms with Crippen LogP contribution in [0.1, 0.15) is 66.6 Å². The topological polar surface area (TPSA) is 50.8 Å². The molecule has 1 unspecified atom stereocenters. The Kier molecular flexibility index (Phi) is 7.58. The Morgan fingerprint density at radius 3 is 2.22 bits per heavy atom. The van der Waals surface area contributed by atoms with Gasteiger partial charge in [0.1, 0.15) is 11.5 Å². The van der Waals surface area contributed by atoms with Crippen LogP contribution in [0.25, 0.3) is 0 Å². The van der Waals surface area contributed by atoms with Crippen molar-refractivity contribution in [2.45, 2.75) is 45.1 Å². The number of carbonyl (C=O) groups is 1. The molecule has 0 aromatic heterocycles. The van der Waals surface area contributed by atoms with Gasteiger partial charge in [-0.15, -0.1) is 0 Å². The first-order valence-corrected chi connectivity index (χ1v) is 15.0. The first kappa shape index (κ1) is 27.5. The molecule has 210 valence electrons. The summed E-state index contributed by atoms with van der Waals surface area (Å²) < 4.78 is 13.0. The van der Waals surface area contributed by atoms with E-state index in [2.05, 4.69) is 36.2 Å². The van der Waals surface area contributed by atoms with Crippen LogP contribution in [0.4, 0.5) is 17.1 Å². The fourth-order valence-corrected chi connectivity index (χ4v) is 6.13. The number of nitrogens with one attached hydrogen (secondary N) is 1. The fraction of sp³-hybridized carbons (Fsp3) is 0.265. The summed E-state index contributed by atoms with van der Waals surface area (Å²) in [4.78, 5) is 15.7. The zero-order valence-electron chi connectivity index (χ0n) is 23.2. The number of unbranched alkanes of at least 4 members (excludes halogenated alkanes) is 2. The van der Waals surface area contributed by atoms with Crippen molar-refractivity contribution in [2.75, 3.05) is 23.3 Å². The highest BCUT2D eigenvalue weighted by Crippen LogP contribution is 2.58. The number of para-hydroxylation sites is 1. The molecule has 0 saturated heterocycles. The summed E-state index contributed by atoms with van der Waals surface area (Å²) in [6, 6.07) is 25.0. The molecule has 5 nitrogen and oxygen atoms in total. The maximum absolute atomic E-state index is 13.3. The predicted molar refractivity (Wildman–Crippen MR) is 166 cm³/mol. The van der Waals surface area contributed by atoms with E-state index in [0.29, 0.717) is 38.4 Å². The summed E-state index contributed by atoms with van der Waals surface area (Å²) in [5.41, 5.74) is 4.05. The van der Waals surface area contributed by atoms with E-state index in [1.165, 1.54) is 0 Å². The maximum atomic E-state index is 13.3. The summed E-state index contributed by atoms with van der Waals surface area (Å²) in [7, 11) is 0. The van der Waals surface area contributed by atoms with E-state index in [1.807, 2.05) is 60.7 Å². The molecule has 0 saturated carbocycles. The Balaban J connectivity index is 1.52. The van der Waals surface area contributed by atoms with Gasteiger partial charge in [0.15, 0.2) is 5.60 Å². The third-order valence-corrected chi connectivity index (χ3v) is 8.50. The van der Waals surface area contributed by atoms with Gasteiger partial charge in [-0.3, -0.25) is 0 Å². The Morgan fingerprint density at radius 1 is 0.756 bits per heavy atom. The van der Waals surface area contributed by atoms with Gasteiger partial charge in [0.25, 0.3) is 0 Å². The van der Waals surface area contributed by atoms with Gasteiger partial charge in [0.2, 0.25) is 0 Å². The Bertz CT molecular complexity index is 1610. The van der Waals surface area contributed by atoms with E-state index < -0.39 is 5.60 Å². The maximum Gasteiger partial charge on any atom is 0.340 e. The van der Waals surface area contributed by atoms with Crippen LogP contribution in [0.5, 0.6) is 11.5 Å². The van der Waals surface area contributed by atoms with E-state index in [0.717, 1.165) is 61.3 Å². The molecule has 0 radical (unpaired) electrons. The van der Waals surface area contributed by atoms with Gasteiger partial charge < -0.3 is 19.7 Å². The van der Waals surface area contributed by atoms with Crippen LogP contribution in [-0.2, 0) is 10.3 Å². The molecular weight excluding hydrogens is 555 g/mol. The summed E-state index contributed by atoms with van der Waals surface area (Å²) in [6.45, 7) is 6.35.